The number of anilines is 2. The van der Waals surface area contributed by atoms with Crippen LogP contribution in [0.3, 0.4) is 0 Å². The van der Waals surface area contributed by atoms with Gasteiger partial charge >= 0.3 is 0 Å². The normalized spacial score (nSPS) is 18.4. The van der Waals surface area contributed by atoms with Crippen LogP contribution in [-0.4, -0.2) is 12.9 Å². The molecule has 0 saturated heterocycles. The van der Waals surface area contributed by atoms with E-state index in [2.05, 4.69) is 22.8 Å². The fourth-order valence-electron chi connectivity index (χ4n) is 5.42. The Kier molecular flexibility index (Phi) is 6.57. The molecule has 1 aliphatic heterocycles. The van der Waals surface area contributed by atoms with Gasteiger partial charge < -0.3 is 20.1 Å². The van der Waals surface area contributed by atoms with E-state index in [9.17, 15) is 4.79 Å². The number of rotatable bonds is 6. The SMILES string of the molecule is COc1cc([C@H]2Nc3ccccc3NC3=C2C(=O)C[C@@H](c2ccccc2)C3)ccc1OCc1ccccc1. The molecule has 5 heteroatoms. The smallest absolute Gasteiger partial charge is 0.163 e. The lowest BCUT2D eigenvalue weighted by molar-refractivity contribution is -0.116. The molecule has 190 valence electrons. The third-order valence-corrected chi connectivity index (χ3v) is 7.34. The molecular formula is C33H30N2O3. The Morgan fingerprint density at radius 3 is 2.24 bits per heavy atom. The van der Waals surface area contributed by atoms with Crippen LogP contribution in [0.4, 0.5) is 11.4 Å². The minimum Gasteiger partial charge on any atom is -0.493 e. The fraction of sp³-hybridized carbons (Fsp3) is 0.182. The van der Waals surface area contributed by atoms with Crippen molar-refractivity contribution in [2.45, 2.75) is 31.4 Å². The van der Waals surface area contributed by atoms with Gasteiger partial charge in [0.15, 0.2) is 17.3 Å². The van der Waals surface area contributed by atoms with Gasteiger partial charge in [0, 0.05) is 17.7 Å². The van der Waals surface area contributed by atoms with Crippen LogP contribution in [0, 0.1) is 0 Å². The number of hydrogen-bond donors (Lipinski definition) is 2. The predicted octanol–water partition coefficient (Wildman–Crippen LogP) is 7.25. The first kappa shape index (κ1) is 23.9. The summed E-state index contributed by atoms with van der Waals surface area (Å²) in [7, 11) is 1.65. The van der Waals surface area contributed by atoms with E-state index in [4.69, 9.17) is 9.47 Å². The van der Waals surface area contributed by atoms with Crippen LogP contribution in [-0.2, 0) is 11.4 Å². The molecule has 2 atom stereocenters. The first-order valence-electron chi connectivity index (χ1n) is 13.0. The number of para-hydroxylation sites is 2. The summed E-state index contributed by atoms with van der Waals surface area (Å²) in [5.74, 6) is 1.60. The van der Waals surface area contributed by atoms with Gasteiger partial charge in [-0.25, -0.2) is 0 Å². The molecule has 4 aromatic carbocycles. The summed E-state index contributed by atoms with van der Waals surface area (Å²) in [5, 5.41) is 7.26. The number of hydrogen-bond acceptors (Lipinski definition) is 5. The number of ether oxygens (including phenoxy) is 2. The van der Waals surface area contributed by atoms with Crippen molar-refractivity contribution in [3.8, 4) is 11.5 Å². The van der Waals surface area contributed by atoms with E-state index in [1.54, 1.807) is 7.11 Å². The van der Waals surface area contributed by atoms with Crippen LogP contribution in [0.15, 0.2) is 114 Å². The largest absolute Gasteiger partial charge is 0.493 e. The number of carbonyl (C=O) groups excluding carboxylic acids is 1. The van der Waals surface area contributed by atoms with Crippen LogP contribution in [0.5, 0.6) is 11.5 Å². The van der Waals surface area contributed by atoms with Gasteiger partial charge in [0.05, 0.1) is 24.5 Å². The monoisotopic (exact) mass is 502 g/mol. The Morgan fingerprint density at radius 1 is 0.763 bits per heavy atom. The van der Waals surface area contributed by atoms with E-state index in [-0.39, 0.29) is 17.7 Å². The first-order chi connectivity index (χ1) is 18.7. The summed E-state index contributed by atoms with van der Waals surface area (Å²) >= 11 is 0. The molecule has 0 unspecified atom stereocenters. The second kappa shape index (κ2) is 10.5. The number of benzene rings is 4. The summed E-state index contributed by atoms with van der Waals surface area (Å²) in [6.45, 7) is 0.449. The van der Waals surface area contributed by atoms with Gasteiger partial charge in [-0.3, -0.25) is 4.79 Å². The van der Waals surface area contributed by atoms with E-state index in [1.807, 2.05) is 91.0 Å². The summed E-state index contributed by atoms with van der Waals surface area (Å²) < 4.78 is 11.8. The molecule has 6 rings (SSSR count). The molecule has 0 aromatic heterocycles. The number of carbonyl (C=O) groups is 1. The summed E-state index contributed by atoms with van der Waals surface area (Å²) in [6.07, 6.45) is 1.25. The van der Waals surface area contributed by atoms with E-state index < -0.39 is 0 Å². The molecule has 5 nitrogen and oxygen atoms in total. The number of ketones is 1. The number of nitrogens with one attached hydrogen (secondary N) is 2. The van der Waals surface area contributed by atoms with Crippen LogP contribution >= 0.6 is 0 Å². The lowest BCUT2D eigenvalue weighted by Gasteiger charge is -2.30. The topological polar surface area (TPSA) is 59.6 Å². The minimum absolute atomic E-state index is 0.143. The maximum absolute atomic E-state index is 13.8. The standard InChI is InChI=1S/C33H30N2O3/c1-37-31-20-24(16-17-30(31)38-21-22-10-4-2-5-11-22)33-32-28(34-26-14-8-9-15-27(26)35-33)18-25(19-29(32)36)23-12-6-3-7-13-23/h2-17,20,25,33-35H,18-19,21H2,1H3/t25-,33+/m0/s1. The van der Waals surface area contributed by atoms with Crippen LogP contribution < -0.4 is 20.1 Å². The quantitative estimate of drug-likeness (QED) is 0.291. The van der Waals surface area contributed by atoms with Crippen molar-refractivity contribution in [1.82, 2.24) is 0 Å². The summed E-state index contributed by atoms with van der Waals surface area (Å²) in [6, 6.07) is 34.1. The molecule has 2 aliphatic rings. The van der Waals surface area contributed by atoms with Gasteiger partial charge in [-0.05, 0) is 53.3 Å². The fourth-order valence-corrected chi connectivity index (χ4v) is 5.42. The van der Waals surface area contributed by atoms with Crippen LogP contribution in [0.1, 0.15) is 41.5 Å². The van der Waals surface area contributed by atoms with E-state index in [0.717, 1.165) is 40.2 Å². The van der Waals surface area contributed by atoms with Gasteiger partial charge in [-0.2, -0.15) is 0 Å². The zero-order chi connectivity index (χ0) is 25.9. The molecule has 1 heterocycles. The lowest BCUT2D eigenvalue weighted by atomic mass is 9.78. The van der Waals surface area contributed by atoms with Crippen molar-refractivity contribution in [2.75, 3.05) is 17.7 Å². The molecule has 0 amide bonds. The van der Waals surface area contributed by atoms with Crippen molar-refractivity contribution in [2.24, 2.45) is 0 Å². The zero-order valence-corrected chi connectivity index (χ0v) is 21.3. The van der Waals surface area contributed by atoms with Crippen LogP contribution in [0.25, 0.3) is 0 Å². The van der Waals surface area contributed by atoms with E-state index in [1.165, 1.54) is 5.56 Å². The zero-order valence-electron chi connectivity index (χ0n) is 21.3. The van der Waals surface area contributed by atoms with Crippen molar-refractivity contribution in [3.63, 3.8) is 0 Å². The molecule has 38 heavy (non-hydrogen) atoms. The lowest BCUT2D eigenvalue weighted by Crippen LogP contribution is -2.26. The van der Waals surface area contributed by atoms with Crippen molar-refractivity contribution < 1.29 is 14.3 Å². The Morgan fingerprint density at radius 2 is 1.47 bits per heavy atom. The molecular weight excluding hydrogens is 472 g/mol. The average molecular weight is 503 g/mol. The second-order valence-corrected chi connectivity index (χ2v) is 9.76. The average Bonchev–Trinajstić information content (AvgIpc) is 3.14. The minimum atomic E-state index is -0.317. The van der Waals surface area contributed by atoms with Gasteiger partial charge in [0.25, 0.3) is 0 Å². The Bertz CT molecular complexity index is 1480. The highest BCUT2D eigenvalue weighted by molar-refractivity contribution is 6.01. The molecule has 0 bridgehead atoms. The van der Waals surface area contributed by atoms with Gasteiger partial charge in [-0.1, -0.05) is 78.9 Å². The maximum Gasteiger partial charge on any atom is 0.163 e. The van der Waals surface area contributed by atoms with Gasteiger partial charge in [0.2, 0.25) is 0 Å². The molecule has 2 N–H and O–H groups in total. The molecule has 0 fully saturated rings. The van der Waals surface area contributed by atoms with Crippen LogP contribution in [0.2, 0.25) is 0 Å². The van der Waals surface area contributed by atoms with Crippen molar-refractivity contribution in [1.29, 1.82) is 0 Å². The number of Topliss-reactive ketones (excluding diaryl/α,β-unsaturated/α-hetero) is 1. The van der Waals surface area contributed by atoms with E-state index in [0.29, 0.717) is 24.5 Å². The highest BCUT2D eigenvalue weighted by atomic mass is 16.5. The van der Waals surface area contributed by atoms with Gasteiger partial charge in [-0.15, -0.1) is 0 Å². The molecule has 0 saturated carbocycles. The van der Waals surface area contributed by atoms with Gasteiger partial charge in [0.1, 0.15) is 6.61 Å². The molecule has 4 aromatic rings. The Balaban J connectivity index is 1.36. The molecule has 0 spiro atoms. The van der Waals surface area contributed by atoms with Crippen molar-refractivity contribution >= 4 is 17.2 Å². The first-order valence-corrected chi connectivity index (χ1v) is 13.0. The number of methoxy groups -OCH3 is 1. The predicted molar refractivity (Wildman–Crippen MR) is 151 cm³/mol. The third-order valence-electron chi connectivity index (χ3n) is 7.34. The van der Waals surface area contributed by atoms with E-state index >= 15 is 0 Å². The molecule has 0 radical (unpaired) electrons. The maximum atomic E-state index is 13.8. The number of fused-ring (bicyclic) bond motifs is 1. The Labute approximate surface area is 223 Å². The summed E-state index contributed by atoms with van der Waals surface area (Å²) in [5.41, 5.74) is 6.92. The summed E-state index contributed by atoms with van der Waals surface area (Å²) in [4.78, 5) is 13.8. The Hall–Kier alpha value is -4.51. The molecule has 1 aliphatic carbocycles. The highest BCUT2D eigenvalue weighted by Crippen LogP contribution is 2.45. The number of allylic oxidation sites excluding steroid dienone is 1. The van der Waals surface area contributed by atoms with Crippen molar-refractivity contribution in [3.05, 3.63) is 131 Å². The highest BCUT2D eigenvalue weighted by Gasteiger charge is 2.36. The second-order valence-electron chi connectivity index (χ2n) is 9.76. The third kappa shape index (κ3) is 4.75.